The van der Waals surface area contributed by atoms with Gasteiger partial charge in [0.1, 0.15) is 17.9 Å². The standard InChI is InChI=1S/C12H21NO5/c1-7-6-8(10(15)17-5)13(9(7)14)11(16)18-12(2,3)4/h7-9,14H,6H2,1-5H3/t7?,8-,9?/m1/s1. The van der Waals surface area contributed by atoms with Crippen molar-refractivity contribution in [1.29, 1.82) is 0 Å². The Morgan fingerprint density at radius 3 is 2.33 bits per heavy atom. The lowest BCUT2D eigenvalue weighted by Gasteiger charge is -2.29. The third-order valence-corrected chi connectivity index (χ3v) is 2.80. The van der Waals surface area contributed by atoms with E-state index in [0.717, 1.165) is 4.90 Å². The van der Waals surface area contributed by atoms with Crippen LogP contribution >= 0.6 is 0 Å². The van der Waals surface area contributed by atoms with Gasteiger partial charge in [-0.1, -0.05) is 6.92 Å². The molecule has 1 N–H and O–H groups in total. The fourth-order valence-corrected chi connectivity index (χ4v) is 1.94. The summed E-state index contributed by atoms with van der Waals surface area (Å²) in [6.07, 6.45) is -1.36. The Hall–Kier alpha value is -1.30. The molecule has 1 saturated heterocycles. The number of hydrogen-bond donors (Lipinski definition) is 1. The average Bonchev–Trinajstić information content (AvgIpc) is 2.52. The molecule has 104 valence electrons. The molecule has 3 atom stereocenters. The largest absolute Gasteiger partial charge is 0.467 e. The fourth-order valence-electron chi connectivity index (χ4n) is 1.94. The van der Waals surface area contributed by atoms with E-state index >= 15 is 0 Å². The first kappa shape index (κ1) is 14.8. The maximum atomic E-state index is 12.0. The summed E-state index contributed by atoms with van der Waals surface area (Å²) in [5.74, 6) is -0.731. The van der Waals surface area contributed by atoms with Crippen molar-refractivity contribution in [2.45, 2.75) is 52.0 Å². The molecule has 1 amide bonds. The Kier molecular flexibility index (Phi) is 4.21. The minimum atomic E-state index is -1.02. The number of nitrogens with zero attached hydrogens (tertiary/aromatic N) is 1. The van der Waals surface area contributed by atoms with Crippen LogP contribution in [0.2, 0.25) is 0 Å². The maximum Gasteiger partial charge on any atom is 0.413 e. The van der Waals surface area contributed by atoms with Gasteiger partial charge in [0, 0.05) is 5.92 Å². The van der Waals surface area contributed by atoms with Crippen LogP contribution in [0.3, 0.4) is 0 Å². The highest BCUT2D eigenvalue weighted by Gasteiger charge is 2.46. The second-order valence-corrected chi connectivity index (χ2v) is 5.55. The zero-order chi connectivity index (χ0) is 14.1. The van der Waals surface area contributed by atoms with Gasteiger partial charge in [-0.05, 0) is 27.2 Å². The molecule has 0 spiro atoms. The summed E-state index contributed by atoms with van der Waals surface area (Å²) in [6, 6.07) is -0.783. The molecular formula is C12H21NO5. The smallest absolute Gasteiger partial charge is 0.413 e. The van der Waals surface area contributed by atoms with Crippen molar-refractivity contribution in [1.82, 2.24) is 4.90 Å². The minimum Gasteiger partial charge on any atom is -0.467 e. The van der Waals surface area contributed by atoms with Gasteiger partial charge >= 0.3 is 12.1 Å². The van der Waals surface area contributed by atoms with Gasteiger partial charge in [-0.15, -0.1) is 0 Å². The predicted octanol–water partition coefficient (Wildman–Crippen LogP) is 1.12. The SMILES string of the molecule is COC(=O)[C@H]1CC(C)C(O)N1C(=O)OC(C)(C)C. The Labute approximate surface area is 107 Å². The molecule has 0 saturated carbocycles. The maximum absolute atomic E-state index is 12.0. The van der Waals surface area contributed by atoms with Crippen LogP contribution in [0.1, 0.15) is 34.1 Å². The number of methoxy groups -OCH3 is 1. The zero-order valence-electron chi connectivity index (χ0n) is 11.5. The first-order chi connectivity index (χ1) is 8.17. The van der Waals surface area contributed by atoms with Crippen LogP contribution in [0.15, 0.2) is 0 Å². The zero-order valence-corrected chi connectivity index (χ0v) is 11.5. The van der Waals surface area contributed by atoms with E-state index < -0.39 is 29.9 Å². The topological polar surface area (TPSA) is 76.1 Å². The van der Waals surface area contributed by atoms with Crippen LogP contribution < -0.4 is 0 Å². The number of aliphatic hydroxyl groups excluding tert-OH is 1. The van der Waals surface area contributed by atoms with Gasteiger partial charge in [0.15, 0.2) is 0 Å². The Bertz CT molecular complexity index is 336. The number of ether oxygens (including phenoxy) is 2. The van der Waals surface area contributed by atoms with Crippen LogP contribution in [-0.2, 0) is 14.3 Å². The normalized spacial score (nSPS) is 28.1. The molecule has 0 aromatic heterocycles. The van der Waals surface area contributed by atoms with Crippen LogP contribution in [0.25, 0.3) is 0 Å². The molecule has 1 fully saturated rings. The summed E-state index contributed by atoms with van der Waals surface area (Å²) in [6.45, 7) is 6.95. The fraction of sp³-hybridized carbons (Fsp3) is 0.833. The van der Waals surface area contributed by atoms with E-state index in [9.17, 15) is 14.7 Å². The highest BCUT2D eigenvalue weighted by atomic mass is 16.6. The molecule has 0 aliphatic carbocycles. The second-order valence-electron chi connectivity index (χ2n) is 5.55. The molecule has 1 rings (SSSR count). The first-order valence-electron chi connectivity index (χ1n) is 5.94. The second kappa shape index (κ2) is 5.14. The molecule has 18 heavy (non-hydrogen) atoms. The highest BCUT2D eigenvalue weighted by molar-refractivity contribution is 5.82. The number of esters is 1. The van der Waals surface area contributed by atoms with Gasteiger partial charge in [-0.2, -0.15) is 0 Å². The number of carbonyl (C=O) groups is 2. The van der Waals surface area contributed by atoms with Crippen LogP contribution in [0, 0.1) is 5.92 Å². The summed E-state index contributed by atoms with van der Waals surface area (Å²) >= 11 is 0. The average molecular weight is 259 g/mol. The van der Waals surface area contributed by atoms with E-state index in [-0.39, 0.29) is 5.92 Å². The molecule has 1 aliphatic heterocycles. The molecule has 1 heterocycles. The summed E-state index contributed by atoms with van der Waals surface area (Å²) < 4.78 is 9.83. The lowest BCUT2D eigenvalue weighted by molar-refractivity contribution is -0.148. The summed E-state index contributed by atoms with van der Waals surface area (Å²) in [5.41, 5.74) is -0.677. The third-order valence-electron chi connectivity index (χ3n) is 2.80. The Morgan fingerprint density at radius 2 is 1.89 bits per heavy atom. The number of carbonyl (C=O) groups excluding carboxylic acids is 2. The lowest BCUT2D eigenvalue weighted by Crippen LogP contribution is -2.48. The van der Waals surface area contributed by atoms with E-state index in [0.29, 0.717) is 6.42 Å². The van der Waals surface area contributed by atoms with E-state index in [2.05, 4.69) is 4.74 Å². The molecule has 0 radical (unpaired) electrons. The van der Waals surface area contributed by atoms with E-state index in [1.165, 1.54) is 7.11 Å². The van der Waals surface area contributed by atoms with Crippen LogP contribution in [0.4, 0.5) is 4.79 Å². The van der Waals surface area contributed by atoms with Crippen molar-refractivity contribution in [3.63, 3.8) is 0 Å². The molecule has 6 heteroatoms. The quantitative estimate of drug-likeness (QED) is 0.714. The Balaban J connectivity index is 2.88. The van der Waals surface area contributed by atoms with Crippen LogP contribution in [-0.4, -0.2) is 47.0 Å². The van der Waals surface area contributed by atoms with Crippen LogP contribution in [0.5, 0.6) is 0 Å². The van der Waals surface area contributed by atoms with Gasteiger partial charge in [0.2, 0.25) is 0 Å². The highest BCUT2D eigenvalue weighted by Crippen LogP contribution is 2.30. The third kappa shape index (κ3) is 3.13. The van der Waals surface area contributed by atoms with Crippen molar-refractivity contribution >= 4 is 12.1 Å². The number of rotatable bonds is 1. The predicted molar refractivity (Wildman–Crippen MR) is 63.7 cm³/mol. The monoisotopic (exact) mass is 259 g/mol. The first-order valence-corrected chi connectivity index (χ1v) is 5.94. The van der Waals surface area contributed by atoms with E-state index in [1.54, 1.807) is 27.7 Å². The van der Waals surface area contributed by atoms with Gasteiger partial charge in [0.05, 0.1) is 7.11 Å². The van der Waals surface area contributed by atoms with Crippen molar-refractivity contribution in [2.75, 3.05) is 7.11 Å². The molecule has 0 bridgehead atoms. The number of aliphatic hydroxyl groups is 1. The minimum absolute atomic E-state index is 0.193. The van der Waals surface area contributed by atoms with Gasteiger partial charge in [0.25, 0.3) is 0 Å². The van der Waals surface area contributed by atoms with Crippen molar-refractivity contribution < 1.29 is 24.2 Å². The molecule has 0 aromatic rings. The number of hydrogen-bond acceptors (Lipinski definition) is 5. The molecule has 6 nitrogen and oxygen atoms in total. The van der Waals surface area contributed by atoms with Gasteiger partial charge in [-0.25, -0.2) is 9.59 Å². The lowest BCUT2D eigenvalue weighted by atomic mass is 10.1. The van der Waals surface area contributed by atoms with E-state index in [1.807, 2.05) is 0 Å². The van der Waals surface area contributed by atoms with E-state index in [4.69, 9.17) is 4.74 Å². The molecule has 1 aliphatic rings. The summed E-state index contributed by atoms with van der Waals surface area (Å²) in [4.78, 5) is 24.6. The molecule has 0 aromatic carbocycles. The molecular weight excluding hydrogens is 238 g/mol. The van der Waals surface area contributed by atoms with Crippen molar-refractivity contribution in [3.8, 4) is 0 Å². The number of likely N-dealkylation sites (tertiary alicyclic amines) is 1. The molecule has 2 unspecified atom stereocenters. The van der Waals surface area contributed by atoms with Gasteiger partial charge < -0.3 is 14.6 Å². The van der Waals surface area contributed by atoms with Crippen molar-refractivity contribution in [3.05, 3.63) is 0 Å². The van der Waals surface area contributed by atoms with Gasteiger partial charge in [-0.3, -0.25) is 4.90 Å². The van der Waals surface area contributed by atoms with Crippen molar-refractivity contribution in [2.24, 2.45) is 5.92 Å². The number of amides is 1. The summed E-state index contributed by atoms with van der Waals surface area (Å²) in [7, 11) is 1.25. The Morgan fingerprint density at radius 1 is 1.33 bits per heavy atom. The summed E-state index contributed by atoms with van der Waals surface area (Å²) in [5, 5.41) is 9.96.